The molecular formula is C14H22F3N3O3. The molecule has 1 fully saturated rings. The van der Waals surface area contributed by atoms with Crippen LogP contribution in [-0.4, -0.2) is 51.1 Å². The molecule has 0 radical (unpaired) electrons. The van der Waals surface area contributed by atoms with Crippen LogP contribution in [0.3, 0.4) is 0 Å². The second-order valence-corrected chi connectivity index (χ2v) is 4.80. The normalized spacial score (nSPS) is 27.8. The van der Waals surface area contributed by atoms with Gasteiger partial charge in [-0.1, -0.05) is 20.8 Å². The lowest BCUT2D eigenvalue weighted by Crippen LogP contribution is -2.55. The summed E-state index contributed by atoms with van der Waals surface area (Å²) >= 11 is 0. The average molecular weight is 337 g/mol. The maximum absolute atomic E-state index is 12.5. The largest absolute Gasteiger partial charge is 0.434 e. The van der Waals surface area contributed by atoms with Crippen LogP contribution in [0.1, 0.15) is 32.9 Å². The van der Waals surface area contributed by atoms with Crippen LogP contribution in [0.15, 0.2) is 12.4 Å². The van der Waals surface area contributed by atoms with Crippen LogP contribution in [0.4, 0.5) is 19.0 Å². The number of aliphatic hydroxyl groups excluding tert-OH is 2. The molecule has 4 atom stereocenters. The second kappa shape index (κ2) is 8.42. The highest BCUT2D eigenvalue weighted by Crippen LogP contribution is 2.28. The van der Waals surface area contributed by atoms with Gasteiger partial charge in [0.05, 0.1) is 31.1 Å². The van der Waals surface area contributed by atoms with Crippen molar-refractivity contribution in [3.05, 3.63) is 18.1 Å². The van der Waals surface area contributed by atoms with Crippen molar-refractivity contribution in [1.82, 2.24) is 9.97 Å². The van der Waals surface area contributed by atoms with E-state index in [1.165, 1.54) is 0 Å². The molecule has 4 unspecified atom stereocenters. The van der Waals surface area contributed by atoms with Gasteiger partial charge in [-0.05, 0) is 6.42 Å². The molecule has 23 heavy (non-hydrogen) atoms. The first-order valence-electron chi connectivity index (χ1n) is 7.46. The van der Waals surface area contributed by atoms with Gasteiger partial charge in [-0.25, -0.2) is 4.98 Å². The van der Waals surface area contributed by atoms with Crippen molar-refractivity contribution >= 4 is 5.82 Å². The highest BCUT2D eigenvalue weighted by molar-refractivity contribution is 5.34. The molecule has 0 spiro atoms. The van der Waals surface area contributed by atoms with E-state index in [-0.39, 0.29) is 12.4 Å². The van der Waals surface area contributed by atoms with Gasteiger partial charge in [0.25, 0.3) is 0 Å². The minimum absolute atomic E-state index is 0.0503. The molecule has 1 aliphatic rings. The van der Waals surface area contributed by atoms with E-state index in [0.717, 1.165) is 6.20 Å². The van der Waals surface area contributed by atoms with Crippen LogP contribution in [0.25, 0.3) is 0 Å². The molecule has 0 saturated carbocycles. The summed E-state index contributed by atoms with van der Waals surface area (Å²) in [6.07, 6.45) is -5.12. The summed E-state index contributed by atoms with van der Waals surface area (Å²) in [5.41, 5.74) is -1.13. The van der Waals surface area contributed by atoms with Gasteiger partial charge in [0.1, 0.15) is 18.0 Å². The van der Waals surface area contributed by atoms with E-state index >= 15 is 0 Å². The van der Waals surface area contributed by atoms with Crippen LogP contribution in [-0.2, 0) is 10.9 Å². The monoisotopic (exact) mass is 337 g/mol. The van der Waals surface area contributed by atoms with Crippen LogP contribution in [0.5, 0.6) is 0 Å². The molecule has 132 valence electrons. The molecule has 9 heteroatoms. The fourth-order valence-corrected chi connectivity index (χ4v) is 2.13. The molecule has 1 aromatic rings. The molecule has 0 bridgehead atoms. The number of rotatable bonds is 3. The first-order chi connectivity index (χ1) is 10.8. The number of aliphatic hydroxyl groups is 2. The summed E-state index contributed by atoms with van der Waals surface area (Å²) in [5, 5.41) is 22.4. The molecule has 2 heterocycles. The van der Waals surface area contributed by atoms with Gasteiger partial charge in [0.2, 0.25) is 0 Å². The zero-order chi connectivity index (χ0) is 17.6. The number of aromatic nitrogens is 2. The zero-order valence-corrected chi connectivity index (χ0v) is 13.2. The van der Waals surface area contributed by atoms with Crippen LogP contribution >= 0.6 is 0 Å². The van der Waals surface area contributed by atoms with E-state index in [2.05, 4.69) is 15.3 Å². The average Bonchev–Trinajstić information content (AvgIpc) is 2.53. The van der Waals surface area contributed by atoms with Crippen molar-refractivity contribution in [2.75, 3.05) is 11.9 Å². The minimum Gasteiger partial charge on any atom is -0.388 e. The van der Waals surface area contributed by atoms with E-state index < -0.39 is 36.2 Å². The minimum atomic E-state index is -4.60. The van der Waals surface area contributed by atoms with E-state index in [1.54, 1.807) is 6.92 Å². The topological polar surface area (TPSA) is 87.5 Å². The first kappa shape index (κ1) is 19.6. The molecule has 6 nitrogen and oxygen atoms in total. The lowest BCUT2D eigenvalue weighted by atomic mass is 9.96. The van der Waals surface area contributed by atoms with Crippen molar-refractivity contribution in [2.24, 2.45) is 0 Å². The first-order valence-corrected chi connectivity index (χ1v) is 7.46. The van der Waals surface area contributed by atoms with E-state index in [0.29, 0.717) is 12.6 Å². The number of hydrogen-bond donors (Lipinski definition) is 3. The maximum atomic E-state index is 12.5. The maximum Gasteiger partial charge on any atom is 0.434 e. The highest BCUT2D eigenvalue weighted by atomic mass is 19.4. The van der Waals surface area contributed by atoms with Crippen LogP contribution < -0.4 is 5.32 Å². The number of alkyl halides is 3. The molecule has 0 aromatic carbocycles. The van der Waals surface area contributed by atoms with Gasteiger partial charge < -0.3 is 20.3 Å². The number of ether oxygens (including phenoxy) is 1. The summed E-state index contributed by atoms with van der Waals surface area (Å²) < 4.78 is 43.0. The summed E-state index contributed by atoms with van der Waals surface area (Å²) in [4.78, 5) is 6.85. The van der Waals surface area contributed by atoms with Gasteiger partial charge in [0.15, 0.2) is 5.69 Å². The highest BCUT2D eigenvalue weighted by Gasteiger charge is 2.38. The van der Waals surface area contributed by atoms with Crippen LogP contribution in [0.2, 0.25) is 0 Å². The van der Waals surface area contributed by atoms with Gasteiger partial charge in [0, 0.05) is 0 Å². The van der Waals surface area contributed by atoms with Gasteiger partial charge in [-0.3, -0.25) is 4.98 Å². The summed E-state index contributed by atoms with van der Waals surface area (Å²) in [6.45, 7) is 5.85. The lowest BCUT2D eigenvalue weighted by Gasteiger charge is -2.37. The third-order valence-corrected chi connectivity index (χ3v) is 3.29. The van der Waals surface area contributed by atoms with Crippen molar-refractivity contribution in [2.45, 2.75) is 57.7 Å². The smallest absolute Gasteiger partial charge is 0.388 e. The third-order valence-electron chi connectivity index (χ3n) is 3.29. The molecule has 0 amide bonds. The fourth-order valence-electron chi connectivity index (χ4n) is 2.13. The predicted octanol–water partition coefficient (Wildman–Crippen LogP) is 1.83. The van der Waals surface area contributed by atoms with E-state index in [1.807, 2.05) is 13.8 Å². The van der Waals surface area contributed by atoms with Crippen molar-refractivity contribution in [1.29, 1.82) is 0 Å². The zero-order valence-electron chi connectivity index (χ0n) is 13.2. The van der Waals surface area contributed by atoms with Crippen molar-refractivity contribution in [3.63, 3.8) is 0 Å². The van der Waals surface area contributed by atoms with Crippen LogP contribution in [0, 0.1) is 0 Å². The summed E-state index contributed by atoms with van der Waals surface area (Å²) in [6, 6.07) is -0.763. The Kier molecular flexibility index (Phi) is 7.17. The van der Waals surface area contributed by atoms with E-state index in [4.69, 9.17) is 4.74 Å². The Morgan fingerprint density at radius 2 is 1.91 bits per heavy atom. The molecule has 0 aliphatic carbocycles. The van der Waals surface area contributed by atoms with Gasteiger partial charge in [-0.15, -0.1) is 0 Å². The standard InChI is InChI=1S/C12H16F3N3O3.C2H6/c1-2-7-11(20)10(19)6(5-21-7)17-9-4-16-3-8(18-9)12(13,14)15;1-2/h3-4,6-7,10-11,19-20H,2,5H2,1H3,(H,17,18);1-2H3. The lowest BCUT2D eigenvalue weighted by molar-refractivity contribution is -0.142. The Balaban J connectivity index is 0.00000127. The van der Waals surface area contributed by atoms with E-state index in [9.17, 15) is 23.4 Å². The predicted molar refractivity (Wildman–Crippen MR) is 77.8 cm³/mol. The SMILES string of the molecule is CC.CCC1OCC(Nc2cncc(C(F)(F)F)n2)C(O)C1O. The Hall–Kier alpha value is -1.45. The molecule has 1 aromatic heterocycles. The molecular weight excluding hydrogens is 315 g/mol. The Morgan fingerprint density at radius 1 is 1.26 bits per heavy atom. The third kappa shape index (κ3) is 5.02. The Morgan fingerprint density at radius 3 is 2.48 bits per heavy atom. The number of halogens is 3. The Labute approximate surface area is 132 Å². The molecule has 2 rings (SSSR count). The number of hydrogen-bond acceptors (Lipinski definition) is 6. The molecule has 1 saturated heterocycles. The number of anilines is 1. The van der Waals surface area contributed by atoms with Gasteiger partial charge >= 0.3 is 6.18 Å². The molecule has 1 aliphatic heterocycles. The quantitative estimate of drug-likeness (QED) is 0.780. The van der Waals surface area contributed by atoms with Crippen molar-refractivity contribution in [3.8, 4) is 0 Å². The summed E-state index contributed by atoms with van der Waals surface area (Å²) in [5.74, 6) is -0.139. The van der Waals surface area contributed by atoms with Gasteiger partial charge in [-0.2, -0.15) is 13.2 Å². The Bertz CT molecular complexity index is 488. The molecule has 3 N–H and O–H groups in total. The number of nitrogens with zero attached hydrogens (tertiary/aromatic N) is 2. The fraction of sp³-hybridized carbons (Fsp3) is 0.714. The van der Waals surface area contributed by atoms with Crippen molar-refractivity contribution < 1.29 is 28.1 Å². The number of nitrogens with one attached hydrogen (secondary N) is 1. The second-order valence-electron chi connectivity index (χ2n) is 4.80. The summed E-state index contributed by atoms with van der Waals surface area (Å²) in [7, 11) is 0.